The standard InChI is InChI=1S/C12H14N2.ClH/c1-14-7-6-10-9-4-2-3-5-11(9)13-12(10)8-14;/h2-5,13H,6-8H2,1H3;1H. The fraction of sp³-hybridized carbons (Fsp3) is 0.333. The highest BCUT2D eigenvalue weighted by Gasteiger charge is 2.17. The van der Waals surface area contributed by atoms with E-state index >= 15 is 0 Å². The number of nitrogens with one attached hydrogen (secondary N) is 1. The van der Waals surface area contributed by atoms with Crippen LogP contribution in [0.4, 0.5) is 0 Å². The number of likely N-dealkylation sites (N-methyl/N-ethyl adjacent to an activating group) is 1. The van der Waals surface area contributed by atoms with E-state index in [1.54, 1.807) is 0 Å². The summed E-state index contributed by atoms with van der Waals surface area (Å²) in [6, 6.07) is 8.59. The van der Waals surface area contributed by atoms with Crippen molar-refractivity contribution in [3.05, 3.63) is 35.5 Å². The summed E-state index contributed by atoms with van der Waals surface area (Å²) in [5.41, 5.74) is 4.21. The van der Waals surface area contributed by atoms with Gasteiger partial charge in [-0.25, -0.2) is 0 Å². The predicted molar refractivity (Wildman–Crippen MR) is 65.6 cm³/mol. The Bertz CT molecular complexity index is 475. The third-order valence-electron chi connectivity index (χ3n) is 3.07. The minimum atomic E-state index is 0. The maximum Gasteiger partial charge on any atom is 0.0459 e. The number of hydrogen-bond donors (Lipinski definition) is 1. The molecule has 0 unspecified atom stereocenters. The lowest BCUT2D eigenvalue weighted by atomic mass is 10.0. The molecule has 15 heavy (non-hydrogen) atoms. The Labute approximate surface area is 95.7 Å². The number of aromatic amines is 1. The van der Waals surface area contributed by atoms with Gasteiger partial charge in [0.15, 0.2) is 0 Å². The van der Waals surface area contributed by atoms with Crippen LogP contribution in [0.5, 0.6) is 0 Å². The van der Waals surface area contributed by atoms with E-state index in [4.69, 9.17) is 0 Å². The molecule has 0 atom stereocenters. The first-order chi connectivity index (χ1) is 6.84. The maximum absolute atomic E-state index is 3.50. The third-order valence-corrected chi connectivity index (χ3v) is 3.07. The lowest BCUT2D eigenvalue weighted by Crippen LogP contribution is -2.26. The minimum Gasteiger partial charge on any atom is -0.357 e. The van der Waals surface area contributed by atoms with Crippen molar-refractivity contribution in [2.24, 2.45) is 0 Å². The molecule has 2 nitrogen and oxygen atoms in total. The van der Waals surface area contributed by atoms with E-state index in [0.717, 1.165) is 6.54 Å². The molecule has 0 spiro atoms. The van der Waals surface area contributed by atoms with Gasteiger partial charge in [0.1, 0.15) is 0 Å². The van der Waals surface area contributed by atoms with Crippen molar-refractivity contribution in [3.8, 4) is 0 Å². The molecule has 1 N–H and O–H groups in total. The summed E-state index contributed by atoms with van der Waals surface area (Å²) in [5, 5.41) is 1.41. The highest BCUT2D eigenvalue weighted by atomic mass is 35.5. The van der Waals surface area contributed by atoms with Gasteiger partial charge in [-0.3, -0.25) is 0 Å². The number of hydrogen-bond acceptors (Lipinski definition) is 1. The van der Waals surface area contributed by atoms with E-state index in [1.807, 2.05) is 0 Å². The molecule has 80 valence electrons. The van der Waals surface area contributed by atoms with Gasteiger partial charge in [0.05, 0.1) is 0 Å². The minimum absolute atomic E-state index is 0. The van der Waals surface area contributed by atoms with E-state index in [-0.39, 0.29) is 12.4 Å². The Hall–Kier alpha value is -0.990. The fourth-order valence-corrected chi connectivity index (χ4v) is 2.33. The first kappa shape index (κ1) is 10.5. The van der Waals surface area contributed by atoms with Gasteiger partial charge in [0, 0.05) is 29.7 Å². The average molecular weight is 223 g/mol. The van der Waals surface area contributed by atoms with Crippen LogP contribution in [0.3, 0.4) is 0 Å². The monoisotopic (exact) mass is 222 g/mol. The highest BCUT2D eigenvalue weighted by Crippen LogP contribution is 2.26. The molecule has 3 heteroatoms. The van der Waals surface area contributed by atoms with E-state index in [0.29, 0.717) is 0 Å². The highest BCUT2D eigenvalue weighted by molar-refractivity contribution is 5.85. The molecule has 0 fully saturated rings. The van der Waals surface area contributed by atoms with Gasteiger partial charge in [-0.05, 0) is 25.1 Å². The van der Waals surface area contributed by atoms with Crippen molar-refractivity contribution in [2.75, 3.05) is 13.6 Å². The number of aromatic nitrogens is 1. The molecule has 1 aliphatic rings. The Kier molecular flexibility index (Phi) is 2.72. The van der Waals surface area contributed by atoms with Crippen LogP contribution < -0.4 is 0 Å². The normalized spacial score (nSPS) is 16.1. The lowest BCUT2D eigenvalue weighted by Gasteiger charge is -2.22. The summed E-state index contributed by atoms with van der Waals surface area (Å²) in [6.07, 6.45) is 1.18. The quantitative estimate of drug-likeness (QED) is 0.726. The van der Waals surface area contributed by atoms with Crippen LogP contribution in [-0.2, 0) is 13.0 Å². The van der Waals surface area contributed by atoms with E-state index < -0.39 is 0 Å². The second-order valence-electron chi connectivity index (χ2n) is 4.12. The summed E-state index contributed by atoms with van der Waals surface area (Å²) in [6.45, 7) is 2.23. The van der Waals surface area contributed by atoms with Crippen LogP contribution >= 0.6 is 12.4 Å². The molecule has 0 aliphatic carbocycles. The summed E-state index contributed by atoms with van der Waals surface area (Å²) >= 11 is 0. The molecule has 0 saturated heterocycles. The number of halogens is 1. The molecule has 2 heterocycles. The van der Waals surface area contributed by atoms with Crippen LogP contribution in [0.15, 0.2) is 24.3 Å². The Morgan fingerprint density at radius 3 is 2.93 bits per heavy atom. The molecule has 0 saturated carbocycles. The van der Waals surface area contributed by atoms with Gasteiger partial charge >= 0.3 is 0 Å². The van der Waals surface area contributed by atoms with Crippen molar-refractivity contribution in [1.82, 2.24) is 9.88 Å². The molecule has 1 aliphatic heterocycles. The molecule has 1 aromatic carbocycles. The Balaban J connectivity index is 0.000000853. The van der Waals surface area contributed by atoms with Crippen LogP contribution in [0, 0.1) is 0 Å². The average Bonchev–Trinajstić information content (AvgIpc) is 2.54. The first-order valence-corrected chi connectivity index (χ1v) is 5.11. The number of rotatable bonds is 0. The molecule has 0 amide bonds. The van der Waals surface area contributed by atoms with Crippen molar-refractivity contribution >= 4 is 23.3 Å². The number of para-hydroxylation sites is 1. The lowest BCUT2D eigenvalue weighted by molar-refractivity contribution is 0.310. The maximum atomic E-state index is 3.50. The zero-order chi connectivity index (χ0) is 9.54. The number of fused-ring (bicyclic) bond motifs is 3. The van der Waals surface area contributed by atoms with Crippen LogP contribution in [-0.4, -0.2) is 23.5 Å². The zero-order valence-corrected chi connectivity index (χ0v) is 9.60. The van der Waals surface area contributed by atoms with Crippen LogP contribution in [0.25, 0.3) is 10.9 Å². The van der Waals surface area contributed by atoms with Crippen LogP contribution in [0.2, 0.25) is 0 Å². The second kappa shape index (κ2) is 3.87. The summed E-state index contributed by atoms with van der Waals surface area (Å²) in [5.74, 6) is 0. The molecular formula is C12H15ClN2. The number of H-pyrrole nitrogens is 1. The van der Waals surface area contributed by atoms with Gasteiger partial charge in [-0.15, -0.1) is 12.4 Å². The van der Waals surface area contributed by atoms with Crippen molar-refractivity contribution in [3.63, 3.8) is 0 Å². The predicted octanol–water partition coefficient (Wildman–Crippen LogP) is 2.58. The Morgan fingerprint density at radius 2 is 2.07 bits per heavy atom. The van der Waals surface area contributed by atoms with E-state index in [1.165, 1.54) is 35.1 Å². The molecule has 0 bridgehead atoms. The Morgan fingerprint density at radius 1 is 1.27 bits per heavy atom. The SMILES string of the molecule is CN1CCc2c([nH]c3ccccc23)C1.Cl. The fourth-order valence-electron chi connectivity index (χ4n) is 2.33. The summed E-state index contributed by atoms with van der Waals surface area (Å²) in [7, 11) is 2.18. The first-order valence-electron chi connectivity index (χ1n) is 5.11. The van der Waals surface area contributed by atoms with E-state index in [2.05, 4.69) is 41.2 Å². The molecule has 0 radical (unpaired) electrons. The van der Waals surface area contributed by atoms with E-state index in [9.17, 15) is 0 Å². The third kappa shape index (κ3) is 1.64. The molecule has 3 rings (SSSR count). The van der Waals surface area contributed by atoms with Crippen molar-refractivity contribution in [2.45, 2.75) is 13.0 Å². The number of benzene rings is 1. The van der Waals surface area contributed by atoms with Crippen molar-refractivity contribution in [1.29, 1.82) is 0 Å². The second-order valence-corrected chi connectivity index (χ2v) is 4.12. The summed E-state index contributed by atoms with van der Waals surface area (Å²) in [4.78, 5) is 5.86. The topological polar surface area (TPSA) is 19.0 Å². The smallest absolute Gasteiger partial charge is 0.0459 e. The van der Waals surface area contributed by atoms with Crippen LogP contribution in [0.1, 0.15) is 11.3 Å². The molecule has 1 aromatic heterocycles. The zero-order valence-electron chi connectivity index (χ0n) is 8.79. The van der Waals surface area contributed by atoms with Gasteiger partial charge in [0.2, 0.25) is 0 Å². The largest absolute Gasteiger partial charge is 0.357 e. The molecule has 2 aromatic rings. The van der Waals surface area contributed by atoms with Gasteiger partial charge in [-0.2, -0.15) is 0 Å². The van der Waals surface area contributed by atoms with Gasteiger partial charge in [-0.1, -0.05) is 18.2 Å². The summed E-state index contributed by atoms with van der Waals surface area (Å²) < 4.78 is 0. The van der Waals surface area contributed by atoms with Crippen molar-refractivity contribution < 1.29 is 0 Å². The number of nitrogens with zero attached hydrogens (tertiary/aromatic N) is 1. The van der Waals surface area contributed by atoms with Gasteiger partial charge in [0.25, 0.3) is 0 Å². The van der Waals surface area contributed by atoms with Gasteiger partial charge < -0.3 is 9.88 Å². The molecular weight excluding hydrogens is 208 g/mol.